The first-order valence-electron chi connectivity index (χ1n) is 7.33. The summed E-state index contributed by atoms with van der Waals surface area (Å²) in [5.41, 5.74) is 2.91. The van der Waals surface area contributed by atoms with E-state index >= 15 is 0 Å². The topological polar surface area (TPSA) is 35.5 Å². The largest absolute Gasteiger partial charge is 0.488 e. The molecule has 0 aliphatic carbocycles. The average molecular weight is 314 g/mol. The van der Waals surface area contributed by atoms with Crippen molar-refractivity contribution in [3.05, 3.63) is 50.7 Å². The van der Waals surface area contributed by atoms with Crippen LogP contribution in [0.3, 0.4) is 0 Å². The first kappa shape index (κ1) is 14.9. The van der Waals surface area contributed by atoms with Gasteiger partial charge in [0.15, 0.2) is 0 Å². The molecular formula is C18H18O3S. The molecule has 0 unspecified atom stereocenters. The molecule has 0 amide bonds. The number of hydrogen-bond acceptors (Lipinski definition) is 4. The number of ether oxygens (including phenoxy) is 2. The van der Waals surface area contributed by atoms with E-state index in [4.69, 9.17) is 9.47 Å². The van der Waals surface area contributed by atoms with Gasteiger partial charge in [0.25, 0.3) is 0 Å². The van der Waals surface area contributed by atoms with Crippen molar-refractivity contribution in [1.82, 2.24) is 0 Å². The first-order chi connectivity index (χ1) is 10.7. The number of fused-ring (bicyclic) bond motifs is 1. The van der Waals surface area contributed by atoms with Crippen LogP contribution in [0.25, 0.3) is 6.08 Å². The van der Waals surface area contributed by atoms with Gasteiger partial charge in [-0.15, -0.1) is 11.3 Å². The summed E-state index contributed by atoms with van der Waals surface area (Å²) >= 11 is 1.81. The lowest BCUT2D eigenvalue weighted by Gasteiger charge is -2.16. The Balaban J connectivity index is 1.71. The minimum atomic E-state index is 0.323. The van der Waals surface area contributed by atoms with E-state index in [2.05, 4.69) is 19.9 Å². The second-order valence-corrected chi connectivity index (χ2v) is 6.51. The molecule has 1 aliphatic rings. The smallest absolute Gasteiger partial charge is 0.149 e. The maximum atomic E-state index is 10.8. The molecule has 114 valence electrons. The van der Waals surface area contributed by atoms with Crippen molar-refractivity contribution in [2.45, 2.75) is 26.9 Å². The molecular weight excluding hydrogens is 296 g/mol. The van der Waals surface area contributed by atoms with Gasteiger partial charge >= 0.3 is 0 Å². The van der Waals surface area contributed by atoms with Crippen molar-refractivity contribution in [2.75, 3.05) is 6.61 Å². The van der Waals surface area contributed by atoms with Crippen molar-refractivity contribution in [2.24, 2.45) is 0 Å². The minimum Gasteiger partial charge on any atom is -0.488 e. The number of benzene rings is 1. The molecule has 1 aliphatic heterocycles. The highest BCUT2D eigenvalue weighted by Gasteiger charge is 2.12. The number of thiophene rings is 1. The molecule has 0 atom stereocenters. The van der Waals surface area contributed by atoms with Crippen LogP contribution in [0.2, 0.25) is 0 Å². The molecule has 4 heteroatoms. The SMILES string of the molecule is CCc1sc(COc2ccc3c(c2)OCC(C=O)=C3)cc1C. The zero-order valence-corrected chi connectivity index (χ0v) is 13.5. The lowest BCUT2D eigenvalue weighted by atomic mass is 10.1. The summed E-state index contributed by atoms with van der Waals surface area (Å²) < 4.78 is 11.4. The van der Waals surface area contributed by atoms with Gasteiger partial charge in [-0.3, -0.25) is 4.79 Å². The van der Waals surface area contributed by atoms with Gasteiger partial charge in [0.05, 0.1) is 0 Å². The lowest BCUT2D eigenvalue weighted by Crippen LogP contribution is -2.08. The van der Waals surface area contributed by atoms with E-state index in [0.29, 0.717) is 18.8 Å². The van der Waals surface area contributed by atoms with Gasteiger partial charge in [0.1, 0.15) is 31.0 Å². The Hall–Kier alpha value is -2.07. The number of aldehydes is 1. The second-order valence-electron chi connectivity index (χ2n) is 5.29. The molecule has 22 heavy (non-hydrogen) atoms. The second kappa shape index (κ2) is 6.36. The summed E-state index contributed by atoms with van der Waals surface area (Å²) in [6.45, 7) is 5.21. The summed E-state index contributed by atoms with van der Waals surface area (Å²) in [6.07, 6.45) is 3.75. The van der Waals surface area contributed by atoms with Crippen LogP contribution in [0.15, 0.2) is 29.8 Å². The van der Waals surface area contributed by atoms with Crippen molar-refractivity contribution < 1.29 is 14.3 Å². The predicted molar refractivity (Wildman–Crippen MR) is 88.7 cm³/mol. The predicted octanol–water partition coefficient (Wildman–Crippen LogP) is 4.17. The molecule has 2 aromatic rings. The summed E-state index contributed by atoms with van der Waals surface area (Å²) in [4.78, 5) is 13.4. The van der Waals surface area contributed by atoms with Crippen LogP contribution in [-0.2, 0) is 17.8 Å². The normalized spacial score (nSPS) is 13.1. The summed E-state index contributed by atoms with van der Waals surface area (Å²) in [6, 6.07) is 7.91. The fourth-order valence-electron chi connectivity index (χ4n) is 2.49. The van der Waals surface area contributed by atoms with Crippen LogP contribution < -0.4 is 9.47 Å². The van der Waals surface area contributed by atoms with Gasteiger partial charge in [0.2, 0.25) is 0 Å². The zero-order valence-electron chi connectivity index (χ0n) is 12.7. The molecule has 1 aromatic carbocycles. The summed E-state index contributed by atoms with van der Waals surface area (Å²) in [5.74, 6) is 1.55. The lowest BCUT2D eigenvalue weighted by molar-refractivity contribution is -0.105. The van der Waals surface area contributed by atoms with E-state index < -0.39 is 0 Å². The van der Waals surface area contributed by atoms with E-state index in [-0.39, 0.29) is 0 Å². The van der Waals surface area contributed by atoms with Crippen molar-refractivity contribution in [3.63, 3.8) is 0 Å². The van der Waals surface area contributed by atoms with E-state index in [1.165, 1.54) is 15.3 Å². The number of carbonyl (C=O) groups excluding carboxylic acids is 1. The Bertz CT molecular complexity index is 728. The summed E-state index contributed by atoms with van der Waals surface area (Å²) in [7, 11) is 0. The van der Waals surface area contributed by atoms with Crippen LogP contribution in [0.5, 0.6) is 11.5 Å². The molecule has 1 aromatic heterocycles. The fraction of sp³-hybridized carbons (Fsp3) is 0.278. The van der Waals surface area contributed by atoms with E-state index in [1.54, 1.807) is 11.3 Å². The highest BCUT2D eigenvalue weighted by atomic mass is 32.1. The van der Waals surface area contributed by atoms with Crippen molar-refractivity contribution in [3.8, 4) is 11.5 Å². The van der Waals surface area contributed by atoms with Crippen LogP contribution in [0, 0.1) is 6.92 Å². The van der Waals surface area contributed by atoms with Gasteiger partial charge in [-0.1, -0.05) is 6.92 Å². The van der Waals surface area contributed by atoms with Crippen LogP contribution in [-0.4, -0.2) is 12.9 Å². The Morgan fingerprint density at radius 1 is 1.36 bits per heavy atom. The van der Waals surface area contributed by atoms with Gasteiger partial charge in [0, 0.05) is 27.0 Å². The fourth-order valence-corrected chi connectivity index (χ4v) is 3.52. The molecule has 0 N–H and O–H groups in total. The third-order valence-corrected chi connectivity index (χ3v) is 5.00. The molecule has 3 nitrogen and oxygen atoms in total. The van der Waals surface area contributed by atoms with Gasteiger partial charge in [-0.2, -0.15) is 0 Å². The standard InChI is InChI=1S/C18H18O3S/c1-3-18-12(2)6-16(22-18)11-20-15-5-4-14-7-13(9-19)10-21-17(14)8-15/h4-9H,3,10-11H2,1-2H3. The Labute approximate surface area is 134 Å². The van der Waals surface area contributed by atoms with Crippen molar-refractivity contribution >= 4 is 23.7 Å². The number of carbonyl (C=O) groups is 1. The maximum absolute atomic E-state index is 10.8. The van der Waals surface area contributed by atoms with Crippen LogP contribution in [0.1, 0.15) is 27.8 Å². The Morgan fingerprint density at radius 3 is 2.95 bits per heavy atom. The van der Waals surface area contributed by atoms with Gasteiger partial charge < -0.3 is 9.47 Å². The molecule has 0 saturated carbocycles. The molecule has 0 saturated heterocycles. The molecule has 0 fully saturated rings. The highest BCUT2D eigenvalue weighted by Crippen LogP contribution is 2.31. The third kappa shape index (κ3) is 3.07. The molecule has 0 radical (unpaired) electrons. The highest BCUT2D eigenvalue weighted by molar-refractivity contribution is 7.12. The monoisotopic (exact) mass is 314 g/mol. The van der Waals surface area contributed by atoms with Crippen molar-refractivity contribution in [1.29, 1.82) is 0 Å². The molecule has 0 bridgehead atoms. The summed E-state index contributed by atoms with van der Waals surface area (Å²) in [5, 5.41) is 0. The molecule has 3 rings (SSSR count). The molecule has 2 heterocycles. The average Bonchev–Trinajstić information content (AvgIpc) is 2.92. The minimum absolute atomic E-state index is 0.323. The van der Waals surface area contributed by atoms with E-state index in [0.717, 1.165) is 29.8 Å². The van der Waals surface area contributed by atoms with Crippen LogP contribution >= 0.6 is 11.3 Å². The first-order valence-corrected chi connectivity index (χ1v) is 8.15. The van der Waals surface area contributed by atoms with Gasteiger partial charge in [-0.05, 0) is 43.2 Å². The maximum Gasteiger partial charge on any atom is 0.149 e. The van der Waals surface area contributed by atoms with E-state index in [9.17, 15) is 4.79 Å². The quantitative estimate of drug-likeness (QED) is 0.777. The number of hydrogen-bond donors (Lipinski definition) is 0. The third-order valence-electron chi connectivity index (χ3n) is 3.65. The Kier molecular flexibility index (Phi) is 4.29. The Morgan fingerprint density at radius 2 is 2.23 bits per heavy atom. The molecule has 0 spiro atoms. The number of rotatable bonds is 5. The zero-order chi connectivity index (χ0) is 15.5. The van der Waals surface area contributed by atoms with Crippen LogP contribution in [0.4, 0.5) is 0 Å². The number of aryl methyl sites for hydroxylation is 2. The van der Waals surface area contributed by atoms with E-state index in [1.807, 2.05) is 24.3 Å². The van der Waals surface area contributed by atoms with Gasteiger partial charge in [-0.25, -0.2) is 0 Å².